The van der Waals surface area contributed by atoms with Gasteiger partial charge in [0, 0.05) is 30.1 Å². The minimum absolute atomic E-state index is 0.236. The molecule has 0 saturated heterocycles. The average Bonchev–Trinajstić information content (AvgIpc) is 3.41. The maximum Gasteiger partial charge on any atom is 0.442 e. The van der Waals surface area contributed by atoms with Gasteiger partial charge in [0.25, 0.3) is 5.91 Å². The number of benzene rings is 3. The van der Waals surface area contributed by atoms with E-state index in [-0.39, 0.29) is 11.7 Å². The van der Waals surface area contributed by atoms with E-state index in [9.17, 15) is 18.2 Å². The first-order chi connectivity index (χ1) is 21.8. The molecule has 0 aliphatic heterocycles. The Bertz CT molecular complexity index is 2030. The zero-order valence-electron chi connectivity index (χ0n) is 25.9. The van der Waals surface area contributed by atoms with E-state index in [2.05, 4.69) is 25.1 Å². The van der Waals surface area contributed by atoms with E-state index in [1.54, 1.807) is 67.8 Å². The lowest BCUT2D eigenvalue weighted by Gasteiger charge is -2.17. The van der Waals surface area contributed by atoms with Crippen molar-refractivity contribution in [1.82, 2.24) is 19.9 Å². The Labute approximate surface area is 266 Å². The van der Waals surface area contributed by atoms with Crippen LogP contribution in [0.5, 0.6) is 5.75 Å². The Balaban J connectivity index is 1.29. The number of methoxy groups -OCH3 is 1. The number of nitrogens with one attached hydrogen (secondary N) is 2. The van der Waals surface area contributed by atoms with Crippen LogP contribution in [0.4, 0.5) is 20.8 Å². The fourth-order valence-electron chi connectivity index (χ4n) is 4.41. The Morgan fingerprint density at radius 2 is 1.67 bits per heavy atom. The summed E-state index contributed by atoms with van der Waals surface area (Å²) in [4.78, 5) is 29.6. The van der Waals surface area contributed by atoms with Crippen LogP contribution in [0.25, 0.3) is 16.8 Å². The first-order valence-corrected chi connectivity index (χ1v) is 16.1. The van der Waals surface area contributed by atoms with Crippen molar-refractivity contribution >= 4 is 39.0 Å². The molecule has 0 spiro atoms. The van der Waals surface area contributed by atoms with E-state index in [4.69, 9.17) is 9.47 Å². The van der Waals surface area contributed by atoms with Crippen molar-refractivity contribution in [2.45, 2.75) is 37.8 Å². The molecule has 0 bridgehead atoms. The van der Waals surface area contributed by atoms with Crippen molar-refractivity contribution < 1.29 is 27.7 Å². The van der Waals surface area contributed by atoms with Crippen LogP contribution in [0, 0.1) is 5.82 Å². The summed E-state index contributed by atoms with van der Waals surface area (Å²) in [5.74, 6) is 0.0917. The topological polar surface area (TPSA) is 136 Å². The van der Waals surface area contributed by atoms with E-state index < -0.39 is 21.4 Å². The molecule has 0 aliphatic rings. The third-order valence-corrected chi connectivity index (χ3v) is 8.30. The maximum atomic E-state index is 13.2. The van der Waals surface area contributed by atoms with Gasteiger partial charge >= 0.3 is 6.09 Å². The summed E-state index contributed by atoms with van der Waals surface area (Å²) in [6.07, 6.45) is 2.27. The summed E-state index contributed by atoms with van der Waals surface area (Å²) >= 11 is 0. The molecular formula is C33H33FN6O5S. The van der Waals surface area contributed by atoms with Crippen LogP contribution in [0.15, 0.2) is 94.3 Å². The molecule has 0 unspecified atom stereocenters. The van der Waals surface area contributed by atoms with Gasteiger partial charge in [0.15, 0.2) is 5.65 Å². The number of aromatic nitrogens is 3. The monoisotopic (exact) mass is 644 g/mol. The molecule has 46 heavy (non-hydrogen) atoms. The fourth-order valence-corrected chi connectivity index (χ4v) is 5.49. The highest BCUT2D eigenvalue weighted by molar-refractivity contribution is 7.93. The van der Waals surface area contributed by atoms with Crippen molar-refractivity contribution in [3.05, 3.63) is 102 Å². The second kappa shape index (κ2) is 13.0. The van der Waals surface area contributed by atoms with Crippen LogP contribution in [-0.2, 0) is 21.0 Å². The molecule has 0 radical (unpaired) electrons. The maximum absolute atomic E-state index is 13.2. The number of pyridine rings is 1. The first-order valence-electron chi connectivity index (χ1n) is 14.2. The van der Waals surface area contributed by atoms with Crippen molar-refractivity contribution in [2.75, 3.05) is 18.7 Å². The predicted octanol–water partition coefficient (Wildman–Crippen LogP) is 6.61. The number of amides is 2. The second-order valence-corrected chi connectivity index (χ2v) is 13.7. The van der Waals surface area contributed by atoms with Gasteiger partial charge in [0.1, 0.15) is 17.2 Å². The number of ether oxygens (including phenoxy) is 2. The highest BCUT2D eigenvalue weighted by Crippen LogP contribution is 2.31. The molecule has 5 rings (SSSR count). The fraction of sp³-hybridized carbons (Fsp3) is 0.212. The van der Waals surface area contributed by atoms with Crippen molar-refractivity contribution in [1.29, 1.82) is 0 Å². The van der Waals surface area contributed by atoms with Crippen LogP contribution in [0.3, 0.4) is 0 Å². The SMILES string of the molecule is COc1cc([S@@](C)(=O)=NC(=O)OC(C)(C)C)ccc1Nc1nc2ccc(-c3ccc(C(=O)NCc4ccc(F)cc4)cc3)cn2n1. The van der Waals surface area contributed by atoms with Crippen molar-refractivity contribution in [3.63, 3.8) is 0 Å². The van der Waals surface area contributed by atoms with E-state index in [0.29, 0.717) is 40.0 Å². The van der Waals surface area contributed by atoms with Gasteiger partial charge in [-0.2, -0.15) is 4.98 Å². The Hall–Kier alpha value is -5.30. The summed E-state index contributed by atoms with van der Waals surface area (Å²) in [6.45, 7) is 5.40. The normalized spacial score (nSPS) is 12.7. The molecule has 2 amide bonds. The number of fused-ring (bicyclic) bond motifs is 1. The van der Waals surface area contributed by atoms with E-state index >= 15 is 0 Å². The molecule has 11 nitrogen and oxygen atoms in total. The zero-order chi connectivity index (χ0) is 33.1. The lowest BCUT2D eigenvalue weighted by Crippen LogP contribution is -2.22. The number of carbonyl (C=O) groups is 2. The van der Waals surface area contributed by atoms with E-state index in [0.717, 1.165) is 16.7 Å². The minimum Gasteiger partial charge on any atom is -0.495 e. The molecule has 13 heteroatoms. The van der Waals surface area contributed by atoms with Gasteiger partial charge in [0.2, 0.25) is 5.95 Å². The molecule has 0 saturated carbocycles. The van der Waals surface area contributed by atoms with Gasteiger partial charge in [-0.3, -0.25) is 4.79 Å². The Morgan fingerprint density at radius 1 is 0.978 bits per heavy atom. The highest BCUT2D eigenvalue weighted by atomic mass is 32.2. The number of anilines is 2. The van der Waals surface area contributed by atoms with Crippen LogP contribution in [-0.4, -0.2) is 49.8 Å². The lowest BCUT2D eigenvalue weighted by molar-refractivity contribution is 0.0607. The molecule has 3 aromatic carbocycles. The minimum atomic E-state index is -3.11. The van der Waals surface area contributed by atoms with Gasteiger partial charge in [-0.1, -0.05) is 24.3 Å². The largest absolute Gasteiger partial charge is 0.495 e. The second-order valence-electron chi connectivity index (χ2n) is 11.4. The molecule has 2 aromatic heterocycles. The van der Waals surface area contributed by atoms with Gasteiger partial charge in [-0.05, 0) is 86.5 Å². The van der Waals surface area contributed by atoms with Gasteiger partial charge in [-0.25, -0.2) is 17.9 Å². The van der Waals surface area contributed by atoms with Gasteiger partial charge in [-0.15, -0.1) is 9.46 Å². The van der Waals surface area contributed by atoms with Crippen molar-refractivity contribution in [3.8, 4) is 16.9 Å². The van der Waals surface area contributed by atoms with Gasteiger partial charge in [0.05, 0.1) is 27.4 Å². The summed E-state index contributed by atoms with van der Waals surface area (Å²) in [7, 11) is -1.64. The first kappa shape index (κ1) is 32.1. The summed E-state index contributed by atoms with van der Waals surface area (Å²) in [5, 5.41) is 10.5. The highest BCUT2D eigenvalue weighted by Gasteiger charge is 2.19. The smallest absolute Gasteiger partial charge is 0.442 e. The number of rotatable bonds is 8. The van der Waals surface area contributed by atoms with Crippen LogP contribution < -0.4 is 15.4 Å². The van der Waals surface area contributed by atoms with Gasteiger partial charge < -0.3 is 20.1 Å². The third kappa shape index (κ3) is 7.85. The number of hydrogen-bond acceptors (Lipinski definition) is 8. The molecular weight excluding hydrogens is 611 g/mol. The molecule has 0 aliphatic carbocycles. The van der Waals surface area contributed by atoms with E-state index in [1.165, 1.54) is 25.5 Å². The average molecular weight is 645 g/mol. The number of carbonyl (C=O) groups excluding carboxylic acids is 2. The third-order valence-electron chi connectivity index (χ3n) is 6.68. The van der Waals surface area contributed by atoms with Crippen LogP contribution in [0.1, 0.15) is 36.7 Å². The zero-order valence-corrected chi connectivity index (χ0v) is 26.7. The molecule has 238 valence electrons. The quantitative estimate of drug-likeness (QED) is 0.193. The van der Waals surface area contributed by atoms with E-state index in [1.807, 2.05) is 30.5 Å². The predicted molar refractivity (Wildman–Crippen MR) is 173 cm³/mol. The summed E-state index contributed by atoms with van der Waals surface area (Å²) in [6, 6.07) is 21.6. The van der Waals surface area contributed by atoms with Crippen LogP contribution in [0.2, 0.25) is 0 Å². The molecule has 2 N–H and O–H groups in total. The Morgan fingerprint density at radius 3 is 2.35 bits per heavy atom. The van der Waals surface area contributed by atoms with Crippen LogP contribution >= 0.6 is 0 Å². The summed E-state index contributed by atoms with van der Waals surface area (Å²) < 4.78 is 42.4. The standard InChI is InChI=1S/C33H33FN6O5S/c1-33(2,3)45-32(42)39-46(5,43)26-15-16-27(28(18-26)44-4)36-31-37-29-17-12-24(20-40(29)38-31)22-8-10-23(11-9-22)30(41)35-19-21-6-13-25(34)14-7-21/h6-18,20H,19H2,1-5H3,(H,35,41)(H,36,38)/t46-/m1/s1. The molecule has 5 aromatic rings. The molecule has 2 heterocycles. The lowest BCUT2D eigenvalue weighted by atomic mass is 10.1. The van der Waals surface area contributed by atoms with Crippen molar-refractivity contribution in [2.24, 2.45) is 4.36 Å². The number of halogens is 1. The number of hydrogen-bond donors (Lipinski definition) is 2. The molecule has 1 atom stereocenters. The number of nitrogens with zero attached hydrogens (tertiary/aromatic N) is 4. The Kier molecular flexibility index (Phi) is 9.05. The molecule has 0 fully saturated rings. The summed E-state index contributed by atoms with van der Waals surface area (Å²) in [5.41, 5.74) is 3.37.